The van der Waals surface area contributed by atoms with Gasteiger partial charge in [-0.15, -0.1) is 0 Å². The van der Waals surface area contributed by atoms with Crippen LogP contribution in [-0.2, 0) is 4.74 Å². The van der Waals surface area contributed by atoms with Crippen molar-refractivity contribution < 1.29 is 14.3 Å². The molecule has 3 aromatic rings. The summed E-state index contributed by atoms with van der Waals surface area (Å²) in [4.78, 5) is 26.8. The van der Waals surface area contributed by atoms with Gasteiger partial charge in [0.15, 0.2) is 0 Å². The first-order valence-corrected chi connectivity index (χ1v) is 7.90. The Bertz CT molecular complexity index is 972. The summed E-state index contributed by atoms with van der Waals surface area (Å²) in [6, 6.07) is 10.4. The second kappa shape index (κ2) is 6.12. The molecule has 1 N–H and O–H groups in total. The lowest BCUT2D eigenvalue weighted by atomic mass is 10.2. The van der Waals surface area contributed by atoms with Crippen molar-refractivity contribution in [3.05, 3.63) is 52.9 Å². The number of nitrogens with one attached hydrogen (secondary N) is 1. The lowest BCUT2D eigenvalue weighted by molar-refractivity contribution is 0.0547. The van der Waals surface area contributed by atoms with Crippen molar-refractivity contribution in [1.82, 2.24) is 9.55 Å². The number of aromatic nitrogens is 2. The zero-order chi connectivity index (χ0) is 18.2. The Balaban J connectivity index is 2.23. The van der Waals surface area contributed by atoms with Crippen molar-refractivity contribution >= 4 is 17.0 Å². The molecule has 6 heteroatoms. The minimum atomic E-state index is -0.623. The van der Waals surface area contributed by atoms with Crippen LogP contribution in [0.25, 0.3) is 22.2 Å². The fraction of sp³-hybridized carbons (Fsp3) is 0.263. The highest BCUT2D eigenvalue weighted by molar-refractivity contribution is 5.96. The molecule has 0 aliphatic carbocycles. The van der Waals surface area contributed by atoms with Crippen LogP contribution in [-0.4, -0.2) is 28.4 Å². The molecule has 2 aromatic heterocycles. The molecule has 0 fully saturated rings. The number of fused-ring (bicyclic) bond motifs is 1. The largest absolute Gasteiger partial charge is 0.497 e. The molecule has 6 nitrogen and oxygen atoms in total. The van der Waals surface area contributed by atoms with Crippen LogP contribution in [0.1, 0.15) is 20.8 Å². The molecule has 0 aliphatic heterocycles. The molecule has 2 heterocycles. The first kappa shape index (κ1) is 16.8. The number of carbonyl (C=O) groups excluding carboxylic acids is 1. The number of methoxy groups -OCH3 is 1. The van der Waals surface area contributed by atoms with E-state index in [-0.39, 0.29) is 5.56 Å². The van der Waals surface area contributed by atoms with Gasteiger partial charge in [-0.1, -0.05) is 0 Å². The van der Waals surface area contributed by atoms with Gasteiger partial charge in [-0.25, -0.2) is 9.36 Å². The summed E-state index contributed by atoms with van der Waals surface area (Å²) in [5.74, 6) is 0.696. The molecule has 0 amide bonds. The van der Waals surface area contributed by atoms with Crippen molar-refractivity contribution in [2.75, 3.05) is 7.11 Å². The van der Waals surface area contributed by atoms with E-state index in [1.807, 2.05) is 39.0 Å². The van der Waals surface area contributed by atoms with Gasteiger partial charge in [-0.2, -0.15) is 0 Å². The summed E-state index contributed by atoms with van der Waals surface area (Å²) >= 11 is 0. The molecule has 130 valence electrons. The average molecular weight is 340 g/mol. The van der Waals surface area contributed by atoms with Gasteiger partial charge in [-0.3, -0.25) is 4.79 Å². The maximum Gasteiger partial charge on any atom is 0.419 e. The Morgan fingerprint density at radius 3 is 2.48 bits per heavy atom. The van der Waals surface area contributed by atoms with Crippen molar-refractivity contribution in [3.63, 3.8) is 0 Å². The predicted octanol–water partition coefficient (Wildman–Crippen LogP) is 3.79. The van der Waals surface area contributed by atoms with E-state index in [9.17, 15) is 9.59 Å². The summed E-state index contributed by atoms with van der Waals surface area (Å²) in [6.45, 7) is 5.46. The number of hydrogen-bond acceptors (Lipinski definition) is 4. The van der Waals surface area contributed by atoms with Crippen LogP contribution < -0.4 is 10.3 Å². The normalized spacial score (nSPS) is 11.5. The van der Waals surface area contributed by atoms with Crippen LogP contribution >= 0.6 is 0 Å². The van der Waals surface area contributed by atoms with Crippen molar-refractivity contribution in [2.24, 2.45) is 0 Å². The lowest BCUT2D eigenvalue weighted by Gasteiger charge is -2.21. The highest BCUT2D eigenvalue weighted by Gasteiger charge is 2.23. The van der Waals surface area contributed by atoms with Gasteiger partial charge in [-0.05, 0) is 51.1 Å². The highest BCUT2D eigenvalue weighted by atomic mass is 16.6. The van der Waals surface area contributed by atoms with Gasteiger partial charge in [0, 0.05) is 23.2 Å². The average Bonchev–Trinajstić information content (AvgIpc) is 2.92. The summed E-state index contributed by atoms with van der Waals surface area (Å²) < 4.78 is 12.3. The van der Waals surface area contributed by atoms with Crippen LogP contribution in [0.15, 0.2) is 47.4 Å². The van der Waals surface area contributed by atoms with Gasteiger partial charge in [0.25, 0.3) is 0 Å². The van der Waals surface area contributed by atoms with E-state index in [1.54, 1.807) is 25.4 Å². The number of nitrogens with zero attached hydrogens (tertiary/aromatic N) is 1. The quantitative estimate of drug-likeness (QED) is 0.770. The Kier molecular flexibility index (Phi) is 4.12. The molecule has 25 heavy (non-hydrogen) atoms. The monoisotopic (exact) mass is 340 g/mol. The number of pyridine rings is 1. The molecular weight excluding hydrogens is 320 g/mol. The third-order valence-electron chi connectivity index (χ3n) is 3.66. The van der Waals surface area contributed by atoms with E-state index < -0.39 is 11.7 Å². The van der Waals surface area contributed by atoms with Crippen LogP contribution in [0.2, 0.25) is 0 Å². The number of hydrogen-bond donors (Lipinski definition) is 1. The second-order valence-electron chi connectivity index (χ2n) is 6.71. The van der Waals surface area contributed by atoms with E-state index in [2.05, 4.69) is 4.98 Å². The number of carbonyl (C=O) groups is 1. The molecular formula is C19H20N2O4. The lowest BCUT2D eigenvalue weighted by Crippen LogP contribution is -2.27. The Morgan fingerprint density at radius 1 is 1.12 bits per heavy atom. The van der Waals surface area contributed by atoms with Crippen molar-refractivity contribution in [3.8, 4) is 17.0 Å². The summed E-state index contributed by atoms with van der Waals surface area (Å²) in [5.41, 5.74) is 1.22. The maximum atomic E-state index is 12.8. The molecule has 0 bridgehead atoms. The molecule has 3 rings (SSSR count). The SMILES string of the molecule is COc1ccc2c(c1)cc(-c1ccc(=O)[nH]c1)n2C(=O)OC(C)(C)C. The number of ether oxygens (including phenoxy) is 2. The van der Waals surface area contributed by atoms with Gasteiger partial charge in [0.1, 0.15) is 11.4 Å². The van der Waals surface area contributed by atoms with E-state index >= 15 is 0 Å². The zero-order valence-corrected chi connectivity index (χ0v) is 14.6. The number of H-pyrrole nitrogens is 1. The third-order valence-corrected chi connectivity index (χ3v) is 3.66. The standard InChI is InChI=1S/C19H20N2O4/c1-19(2,3)25-18(23)21-15-7-6-14(24-4)9-13(15)10-16(21)12-5-8-17(22)20-11-12/h5-11H,1-4H3,(H,20,22). The first-order valence-electron chi connectivity index (χ1n) is 7.90. The topological polar surface area (TPSA) is 73.3 Å². The summed E-state index contributed by atoms with van der Waals surface area (Å²) in [6.07, 6.45) is 1.10. The van der Waals surface area contributed by atoms with Crippen LogP contribution in [0.3, 0.4) is 0 Å². The van der Waals surface area contributed by atoms with Gasteiger partial charge in [0.2, 0.25) is 5.56 Å². The van der Waals surface area contributed by atoms with E-state index in [0.717, 1.165) is 5.39 Å². The van der Waals surface area contributed by atoms with Crippen LogP contribution in [0.5, 0.6) is 5.75 Å². The van der Waals surface area contributed by atoms with Crippen molar-refractivity contribution in [2.45, 2.75) is 26.4 Å². The fourth-order valence-electron chi connectivity index (χ4n) is 2.61. The minimum absolute atomic E-state index is 0.203. The van der Waals surface area contributed by atoms with E-state index in [4.69, 9.17) is 9.47 Å². The van der Waals surface area contributed by atoms with E-state index in [1.165, 1.54) is 10.6 Å². The van der Waals surface area contributed by atoms with Crippen LogP contribution in [0.4, 0.5) is 4.79 Å². The Morgan fingerprint density at radius 2 is 1.88 bits per heavy atom. The molecule has 0 saturated carbocycles. The fourth-order valence-corrected chi connectivity index (χ4v) is 2.61. The molecule has 0 atom stereocenters. The minimum Gasteiger partial charge on any atom is -0.497 e. The molecule has 0 radical (unpaired) electrons. The van der Waals surface area contributed by atoms with Crippen LogP contribution in [0, 0.1) is 0 Å². The second-order valence-corrected chi connectivity index (χ2v) is 6.71. The van der Waals surface area contributed by atoms with E-state index in [0.29, 0.717) is 22.5 Å². The molecule has 1 aromatic carbocycles. The number of rotatable bonds is 2. The van der Waals surface area contributed by atoms with Gasteiger partial charge >= 0.3 is 6.09 Å². The summed E-state index contributed by atoms with van der Waals surface area (Å²) in [7, 11) is 1.59. The first-order chi connectivity index (χ1) is 11.8. The third kappa shape index (κ3) is 3.42. The van der Waals surface area contributed by atoms with Crippen molar-refractivity contribution in [1.29, 1.82) is 0 Å². The highest BCUT2D eigenvalue weighted by Crippen LogP contribution is 2.31. The molecule has 0 spiro atoms. The molecule has 0 aliphatic rings. The smallest absolute Gasteiger partial charge is 0.419 e. The maximum absolute atomic E-state index is 12.8. The molecule has 0 saturated heterocycles. The van der Waals surface area contributed by atoms with Gasteiger partial charge < -0.3 is 14.5 Å². The zero-order valence-electron chi connectivity index (χ0n) is 14.6. The number of benzene rings is 1. The molecule has 0 unspecified atom stereocenters. The Hall–Kier alpha value is -3.02. The predicted molar refractivity (Wildman–Crippen MR) is 96.2 cm³/mol. The Labute approximate surface area is 145 Å². The van der Waals surface area contributed by atoms with Gasteiger partial charge in [0.05, 0.1) is 18.3 Å². The number of aromatic amines is 1. The summed E-state index contributed by atoms with van der Waals surface area (Å²) in [5, 5.41) is 0.839.